The van der Waals surface area contributed by atoms with Gasteiger partial charge in [0, 0.05) is 10.5 Å². The predicted molar refractivity (Wildman–Crippen MR) is 75.7 cm³/mol. The van der Waals surface area contributed by atoms with Crippen molar-refractivity contribution in [3.05, 3.63) is 0 Å². The van der Waals surface area contributed by atoms with E-state index in [2.05, 4.69) is 0 Å². The van der Waals surface area contributed by atoms with E-state index >= 15 is 0 Å². The summed E-state index contributed by atoms with van der Waals surface area (Å²) in [5.74, 6) is -0.633. The smallest absolute Gasteiger partial charge is 0.305 e. The van der Waals surface area contributed by atoms with Gasteiger partial charge in [-0.15, -0.1) is 23.5 Å². The number of hydrogen-bond acceptors (Lipinski definition) is 3. The number of carbonyl (C=O) groups is 1. The Morgan fingerprint density at radius 1 is 1.00 bits per heavy atom. The van der Waals surface area contributed by atoms with Crippen LogP contribution in [0.15, 0.2) is 0 Å². The van der Waals surface area contributed by atoms with Crippen molar-refractivity contribution < 1.29 is 9.90 Å². The Bertz CT molecular complexity index is 228. The van der Waals surface area contributed by atoms with E-state index in [4.69, 9.17) is 5.11 Å². The number of carboxylic acid groups (broad SMARTS) is 1. The van der Waals surface area contributed by atoms with Crippen molar-refractivity contribution in [1.29, 1.82) is 0 Å². The number of aliphatic carboxylic acids is 1. The molecule has 0 aromatic heterocycles. The zero-order valence-electron chi connectivity index (χ0n) is 10.3. The molecule has 0 saturated heterocycles. The average molecular weight is 274 g/mol. The van der Waals surface area contributed by atoms with E-state index in [1.54, 1.807) is 0 Å². The Labute approximate surface area is 112 Å². The first-order valence-electron chi connectivity index (χ1n) is 6.77. The molecule has 2 rings (SSSR count). The molecular weight excluding hydrogens is 252 g/mol. The van der Waals surface area contributed by atoms with Crippen molar-refractivity contribution >= 4 is 29.5 Å². The average Bonchev–Trinajstić information content (AvgIpc) is 2.89. The molecule has 0 radical (unpaired) electrons. The standard InChI is InChI=1S/C13H22O2S2/c14-12(15)9-13(16-10-5-1-2-6-10)17-11-7-3-4-8-11/h10-11,13H,1-9H2,(H,14,15). The van der Waals surface area contributed by atoms with Crippen LogP contribution in [0.2, 0.25) is 0 Å². The maximum Gasteiger partial charge on any atom is 0.305 e. The molecule has 0 atom stereocenters. The van der Waals surface area contributed by atoms with E-state index in [0.717, 1.165) is 10.5 Å². The van der Waals surface area contributed by atoms with Crippen LogP contribution in [0.4, 0.5) is 0 Å². The van der Waals surface area contributed by atoms with Gasteiger partial charge in [0.15, 0.2) is 0 Å². The summed E-state index contributed by atoms with van der Waals surface area (Å²) in [6.45, 7) is 0. The minimum atomic E-state index is -0.633. The summed E-state index contributed by atoms with van der Waals surface area (Å²) >= 11 is 3.90. The van der Waals surface area contributed by atoms with Crippen LogP contribution >= 0.6 is 23.5 Å². The fourth-order valence-corrected chi connectivity index (χ4v) is 6.50. The summed E-state index contributed by atoms with van der Waals surface area (Å²) in [5.41, 5.74) is 0. The lowest BCUT2D eigenvalue weighted by atomic mass is 10.4. The van der Waals surface area contributed by atoms with Gasteiger partial charge in [-0.3, -0.25) is 4.79 Å². The van der Waals surface area contributed by atoms with Crippen LogP contribution in [-0.2, 0) is 4.79 Å². The van der Waals surface area contributed by atoms with Gasteiger partial charge in [0.2, 0.25) is 0 Å². The third kappa shape index (κ3) is 4.74. The number of rotatable bonds is 6. The van der Waals surface area contributed by atoms with Crippen LogP contribution in [0.25, 0.3) is 0 Å². The van der Waals surface area contributed by atoms with Crippen LogP contribution in [0.3, 0.4) is 0 Å². The van der Waals surface area contributed by atoms with Crippen molar-refractivity contribution in [3.8, 4) is 0 Å². The summed E-state index contributed by atoms with van der Waals surface area (Å²) in [6.07, 6.45) is 10.9. The molecular formula is C13H22O2S2. The fraction of sp³-hybridized carbons (Fsp3) is 0.923. The molecule has 1 N–H and O–H groups in total. The van der Waals surface area contributed by atoms with Gasteiger partial charge in [0.05, 0.1) is 11.0 Å². The first-order chi connectivity index (χ1) is 8.24. The van der Waals surface area contributed by atoms with Gasteiger partial charge >= 0.3 is 5.97 Å². The lowest BCUT2D eigenvalue weighted by molar-refractivity contribution is -0.136. The van der Waals surface area contributed by atoms with Crippen molar-refractivity contribution in [2.45, 2.75) is 72.9 Å². The molecule has 0 aliphatic heterocycles. The number of hydrogen-bond donors (Lipinski definition) is 1. The number of thioether (sulfide) groups is 2. The molecule has 2 nitrogen and oxygen atoms in total. The van der Waals surface area contributed by atoms with Crippen molar-refractivity contribution in [1.82, 2.24) is 0 Å². The van der Waals surface area contributed by atoms with E-state index in [0.29, 0.717) is 11.0 Å². The zero-order chi connectivity index (χ0) is 12.1. The molecule has 2 aliphatic carbocycles. The van der Waals surface area contributed by atoms with Crippen molar-refractivity contribution in [2.75, 3.05) is 0 Å². The van der Waals surface area contributed by atoms with E-state index in [-0.39, 0.29) is 0 Å². The fourth-order valence-electron chi connectivity index (χ4n) is 2.75. The third-order valence-corrected chi connectivity index (χ3v) is 6.95. The molecule has 0 aromatic carbocycles. The summed E-state index contributed by atoms with van der Waals surface area (Å²) in [5, 5.41) is 10.5. The molecule has 0 aromatic rings. The first-order valence-corrected chi connectivity index (χ1v) is 8.65. The molecule has 17 heavy (non-hydrogen) atoms. The van der Waals surface area contributed by atoms with Gasteiger partial charge in [-0.05, 0) is 25.7 Å². The van der Waals surface area contributed by atoms with Crippen molar-refractivity contribution in [2.24, 2.45) is 0 Å². The highest BCUT2D eigenvalue weighted by Crippen LogP contribution is 2.42. The van der Waals surface area contributed by atoms with Crippen LogP contribution in [0.5, 0.6) is 0 Å². The second-order valence-electron chi connectivity index (χ2n) is 5.11. The second kappa shape index (κ2) is 6.93. The maximum absolute atomic E-state index is 10.9. The molecule has 0 spiro atoms. The molecule has 2 fully saturated rings. The Balaban J connectivity index is 1.80. The predicted octanol–water partition coefficient (Wildman–Crippen LogP) is 4.14. The van der Waals surface area contributed by atoms with Gasteiger partial charge in [0.25, 0.3) is 0 Å². The van der Waals surface area contributed by atoms with Crippen LogP contribution in [0.1, 0.15) is 57.8 Å². The molecule has 4 heteroatoms. The van der Waals surface area contributed by atoms with Gasteiger partial charge in [-0.2, -0.15) is 0 Å². The Morgan fingerprint density at radius 3 is 1.76 bits per heavy atom. The highest BCUT2D eigenvalue weighted by molar-refractivity contribution is 8.17. The normalized spacial score (nSPS) is 22.6. The SMILES string of the molecule is O=C(O)CC(SC1CCCC1)SC1CCCC1. The molecule has 0 bridgehead atoms. The highest BCUT2D eigenvalue weighted by Gasteiger charge is 2.26. The van der Waals surface area contributed by atoms with Gasteiger partial charge in [0.1, 0.15) is 0 Å². The van der Waals surface area contributed by atoms with E-state index in [1.165, 1.54) is 51.4 Å². The quantitative estimate of drug-likeness (QED) is 0.739. The minimum Gasteiger partial charge on any atom is -0.481 e. The monoisotopic (exact) mass is 274 g/mol. The topological polar surface area (TPSA) is 37.3 Å². The van der Waals surface area contributed by atoms with Crippen LogP contribution in [0, 0.1) is 0 Å². The van der Waals surface area contributed by atoms with Crippen LogP contribution < -0.4 is 0 Å². The van der Waals surface area contributed by atoms with E-state index in [1.807, 2.05) is 23.5 Å². The summed E-state index contributed by atoms with van der Waals surface area (Å²) in [7, 11) is 0. The molecule has 0 amide bonds. The minimum absolute atomic E-state index is 0.290. The maximum atomic E-state index is 10.9. The first kappa shape index (κ1) is 13.6. The summed E-state index contributed by atoms with van der Waals surface area (Å²) in [4.78, 5) is 10.9. The highest BCUT2D eigenvalue weighted by atomic mass is 32.2. The largest absolute Gasteiger partial charge is 0.481 e. The lowest BCUT2D eigenvalue weighted by Gasteiger charge is -2.21. The Kier molecular flexibility index (Phi) is 5.54. The van der Waals surface area contributed by atoms with E-state index < -0.39 is 5.97 Å². The molecule has 98 valence electrons. The third-order valence-electron chi connectivity index (χ3n) is 3.63. The molecule has 0 heterocycles. The van der Waals surface area contributed by atoms with Crippen LogP contribution in [-0.4, -0.2) is 26.2 Å². The summed E-state index contributed by atoms with van der Waals surface area (Å²) in [6, 6.07) is 0. The summed E-state index contributed by atoms with van der Waals surface area (Å²) < 4.78 is 0.290. The van der Waals surface area contributed by atoms with Crippen molar-refractivity contribution in [3.63, 3.8) is 0 Å². The number of carboxylic acids is 1. The van der Waals surface area contributed by atoms with Gasteiger partial charge < -0.3 is 5.11 Å². The zero-order valence-corrected chi connectivity index (χ0v) is 11.9. The molecule has 0 unspecified atom stereocenters. The van der Waals surface area contributed by atoms with Gasteiger partial charge in [-0.25, -0.2) is 0 Å². The lowest BCUT2D eigenvalue weighted by Crippen LogP contribution is -2.13. The Morgan fingerprint density at radius 2 is 1.41 bits per heavy atom. The van der Waals surface area contributed by atoms with Gasteiger partial charge in [-0.1, -0.05) is 25.7 Å². The molecule has 2 saturated carbocycles. The Hall–Kier alpha value is 0.170. The second-order valence-corrected chi connectivity index (χ2v) is 8.43. The van der Waals surface area contributed by atoms with E-state index in [9.17, 15) is 4.79 Å². The molecule has 2 aliphatic rings.